The number of hydrogen-bond acceptors (Lipinski definition) is 3. The molecule has 138 valence electrons. The molecule has 4 heteroatoms. The van der Waals surface area contributed by atoms with Crippen molar-refractivity contribution < 1.29 is 14.3 Å². The Balaban J connectivity index is 2.47. The average molecular weight is 378 g/mol. The third kappa shape index (κ3) is 3.20. The number of hydrogen-bond donors (Lipinski definition) is 0. The van der Waals surface area contributed by atoms with Crippen LogP contribution >= 0.6 is 6.60 Å². The second-order valence-corrected chi connectivity index (χ2v) is 11.8. The summed E-state index contributed by atoms with van der Waals surface area (Å²) in [6, 6.07) is 30.0. The molecule has 3 aromatic carbocycles. The summed E-state index contributed by atoms with van der Waals surface area (Å²) in [6.07, 6.45) is 1.41. The number of carbonyl (C=O) groups is 2. The fourth-order valence-electron chi connectivity index (χ4n) is 3.80. The zero-order valence-corrected chi connectivity index (χ0v) is 16.2. The molecule has 0 radical (unpaired) electrons. The van der Waals surface area contributed by atoms with Crippen LogP contribution in [0, 0.1) is 0 Å². The Kier molecular flexibility index (Phi) is 5.53. The van der Waals surface area contributed by atoms with Crippen molar-refractivity contribution in [2.45, 2.75) is 6.92 Å². The van der Waals surface area contributed by atoms with E-state index in [0.29, 0.717) is 0 Å². The van der Waals surface area contributed by atoms with Gasteiger partial charge < -0.3 is 0 Å². The van der Waals surface area contributed by atoms with Crippen LogP contribution < -0.4 is 15.9 Å². The minimum absolute atomic E-state index is 0.164. The molecular formula is C23H23O3P. The van der Waals surface area contributed by atoms with Crippen molar-refractivity contribution >= 4 is 34.8 Å². The molecule has 0 bridgehead atoms. The first-order valence-corrected chi connectivity index (χ1v) is 11.5. The maximum absolute atomic E-state index is 12.1. The van der Waals surface area contributed by atoms with E-state index in [2.05, 4.69) is 0 Å². The van der Waals surface area contributed by atoms with Gasteiger partial charge in [-0.2, -0.15) is 0 Å². The van der Waals surface area contributed by atoms with Crippen molar-refractivity contribution in [3.05, 3.63) is 91.0 Å². The van der Waals surface area contributed by atoms with E-state index >= 15 is 0 Å². The number of carbonyl (C=O) groups excluding carboxylic acids is 2. The monoisotopic (exact) mass is 378 g/mol. The molecule has 0 saturated heterocycles. The van der Waals surface area contributed by atoms with Crippen molar-refractivity contribution in [1.29, 1.82) is 0 Å². The molecule has 0 aliphatic heterocycles. The molecule has 0 aliphatic carbocycles. The van der Waals surface area contributed by atoms with E-state index in [1.807, 2.05) is 91.0 Å². The van der Waals surface area contributed by atoms with Gasteiger partial charge in [-0.3, -0.25) is 0 Å². The Labute approximate surface area is 159 Å². The molecule has 0 amide bonds. The average Bonchev–Trinajstić information content (AvgIpc) is 2.73. The molecular weight excluding hydrogens is 355 g/mol. The number of rotatable bonds is 7. The van der Waals surface area contributed by atoms with Crippen LogP contribution in [-0.4, -0.2) is 24.8 Å². The molecule has 0 unspecified atom stereocenters. The van der Waals surface area contributed by atoms with Crippen LogP contribution in [0.2, 0.25) is 0 Å². The first kappa shape index (κ1) is 19.0. The summed E-state index contributed by atoms with van der Waals surface area (Å²) in [4.78, 5) is 23.9. The molecule has 0 aromatic heterocycles. The fourth-order valence-corrected chi connectivity index (χ4v) is 9.35. The number of esters is 1. The Hall–Kier alpha value is -2.77. The summed E-state index contributed by atoms with van der Waals surface area (Å²) >= 11 is 0. The van der Waals surface area contributed by atoms with Crippen LogP contribution in [0.1, 0.15) is 6.92 Å². The van der Waals surface area contributed by atoms with Gasteiger partial charge in [-0.15, -0.1) is 0 Å². The third-order valence-corrected chi connectivity index (χ3v) is 11.5. The standard InChI is InChI=1S/C23H23O3P/c1-20(25)26-19-27(18-17-24,21-11-5-2-6-12-21,22-13-7-3-8-14-22)23-15-9-4-10-16-23/h2-17H,18-19H2,1H3. The molecule has 0 heterocycles. The van der Waals surface area contributed by atoms with Crippen LogP contribution in [0.15, 0.2) is 91.0 Å². The topological polar surface area (TPSA) is 43.4 Å². The second-order valence-electron chi connectivity index (χ2n) is 6.63. The predicted molar refractivity (Wildman–Crippen MR) is 113 cm³/mol. The molecule has 0 aliphatic rings. The Morgan fingerprint density at radius 2 is 1.15 bits per heavy atom. The molecule has 3 rings (SSSR count). The summed E-state index contributed by atoms with van der Waals surface area (Å²) in [5.74, 6) is -0.349. The normalized spacial score (nSPS) is 12.6. The SMILES string of the molecule is CC(=O)OCP(CC=O)(c1ccccc1)(c1ccccc1)c1ccccc1. The summed E-state index contributed by atoms with van der Waals surface area (Å²) in [5, 5.41) is 3.11. The Morgan fingerprint density at radius 1 is 0.778 bits per heavy atom. The maximum atomic E-state index is 12.1. The van der Waals surface area contributed by atoms with Crippen LogP contribution in [0.25, 0.3) is 0 Å². The van der Waals surface area contributed by atoms with Gasteiger partial charge in [0.2, 0.25) is 0 Å². The van der Waals surface area contributed by atoms with Crippen molar-refractivity contribution in [3.8, 4) is 0 Å². The molecule has 3 nitrogen and oxygen atoms in total. The number of aldehydes is 1. The van der Waals surface area contributed by atoms with Gasteiger partial charge in [0.15, 0.2) is 0 Å². The van der Waals surface area contributed by atoms with E-state index in [0.717, 1.165) is 22.2 Å². The Bertz CT molecular complexity index is 809. The Morgan fingerprint density at radius 3 is 1.44 bits per heavy atom. The van der Waals surface area contributed by atoms with E-state index < -0.39 is 6.60 Å². The predicted octanol–water partition coefficient (Wildman–Crippen LogP) is 3.24. The number of ether oxygens (including phenoxy) is 1. The first-order chi connectivity index (χ1) is 13.1. The second kappa shape index (κ2) is 7.85. The van der Waals surface area contributed by atoms with Gasteiger partial charge in [-0.1, -0.05) is 0 Å². The van der Waals surface area contributed by atoms with Gasteiger partial charge >= 0.3 is 160 Å². The zero-order chi connectivity index (χ0) is 19.2. The van der Waals surface area contributed by atoms with Crippen LogP contribution in [0.4, 0.5) is 0 Å². The van der Waals surface area contributed by atoms with E-state index in [-0.39, 0.29) is 18.5 Å². The first-order valence-electron chi connectivity index (χ1n) is 8.88. The van der Waals surface area contributed by atoms with Crippen LogP contribution in [0.5, 0.6) is 0 Å². The fraction of sp³-hybridized carbons (Fsp3) is 0.130. The molecule has 0 atom stereocenters. The molecule has 0 spiro atoms. The van der Waals surface area contributed by atoms with Crippen molar-refractivity contribution in [2.24, 2.45) is 0 Å². The van der Waals surface area contributed by atoms with Gasteiger partial charge in [-0.05, 0) is 0 Å². The van der Waals surface area contributed by atoms with Crippen LogP contribution in [-0.2, 0) is 14.3 Å². The molecule has 0 saturated carbocycles. The van der Waals surface area contributed by atoms with Gasteiger partial charge in [0.25, 0.3) is 0 Å². The third-order valence-electron chi connectivity index (χ3n) is 5.17. The summed E-state index contributed by atoms with van der Waals surface area (Å²) in [6.45, 7) is -1.95. The summed E-state index contributed by atoms with van der Waals surface area (Å²) in [7, 11) is 0. The van der Waals surface area contributed by atoms with Crippen LogP contribution in [0.3, 0.4) is 0 Å². The number of benzene rings is 3. The summed E-state index contributed by atoms with van der Waals surface area (Å²) in [5.41, 5.74) is 0. The molecule has 27 heavy (non-hydrogen) atoms. The van der Waals surface area contributed by atoms with Crippen molar-refractivity contribution in [3.63, 3.8) is 0 Å². The van der Waals surface area contributed by atoms with Gasteiger partial charge in [-0.25, -0.2) is 0 Å². The molecule has 0 N–H and O–H groups in total. The minimum atomic E-state index is -3.36. The summed E-state index contributed by atoms with van der Waals surface area (Å²) < 4.78 is 5.69. The van der Waals surface area contributed by atoms with Gasteiger partial charge in [0, 0.05) is 0 Å². The molecule has 0 fully saturated rings. The quantitative estimate of drug-likeness (QED) is 0.360. The van der Waals surface area contributed by atoms with Crippen molar-refractivity contribution in [2.75, 3.05) is 12.5 Å². The zero-order valence-electron chi connectivity index (χ0n) is 15.3. The van der Waals surface area contributed by atoms with Gasteiger partial charge in [0.05, 0.1) is 0 Å². The molecule has 3 aromatic rings. The van der Waals surface area contributed by atoms with E-state index in [9.17, 15) is 9.59 Å². The van der Waals surface area contributed by atoms with Gasteiger partial charge in [0.1, 0.15) is 0 Å². The van der Waals surface area contributed by atoms with Crippen molar-refractivity contribution in [1.82, 2.24) is 0 Å². The van der Waals surface area contributed by atoms with E-state index in [1.54, 1.807) is 0 Å². The van der Waals surface area contributed by atoms with E-state index in [1.165, 1.54) is 6.92 Å². The van der Waals surface area contributed by atoms with E-state index in [4.69, 9.17) is 4.74 Å².